The quantitative estimate of drug-likeness (QED) is 0.543. The van der Waals surface area contributed by atoms with Gasteiger partial charge in [-0.15, -0.1) is 0 Å². The van der Waals surface area contributed by atoms with Gasteiger partial charge in [-0.2, -0.15) is 0 Å². The van der Waals surface area contributed by atoms with Crippen LogP contribution >= 0.6 is 0 Å². The lowest BCUT2D eigenvalue weighted by Crippen LogP contribution is -2.37. The lowest BCUT2D eigenvalue weighted by atomic mass is 10.2. The van der Waals surface area contributed by atoms with Crippen molar-refractivity contribution in [3.63, 3.8) is 0 Å². The van der Waals surface area contributed by atoms with Crippen molar-refractivity contribution < 1.29 is 32.6 Å². The van der Waals surface area contributed by atoms with Crippen molar-refractivity contribution in [2.24, 2.45) is 0 Å². The molecular weight excluding hydrogens is 514 g/mol. The Morgan fingerprint density at radius 1 is 1.23 bits per heavy atom. The van der Waals surface area contributed by atoms with Crippen molar-refractivity contribution in [3.05, 3.63) is 36.2 Å². The molecule has 2 atom stereocenters. The standard InChI is InChI=1S/C26H32F2N6O5/c1-4-33-10-5-11-34(22-19(33)7-6-18(30-22)23(35)31-20-13-26(20,27)28)24(36)32-21-12-16(8-9-29-21)37-14-17-15-38-25(2,3)39-17/h6-9,12,17,20H,4-5,10-11,13-15H2,1-3H3,(H,31,35)(H,29,32,36)/t17-,20?/m0/s1. The average molecular weight is 547 g/mol. The molecule has 3 amide bonds. The van der Waals surface area contributed by atoms with E-state index in [9.17, 15) is 18.4 Å². The maximum absolute atomic E-state index is 13.4. The number of amides is 3. The number of fused-ring (bicyclic) bond motifs is 1. The molecule has 2 aliphatic heterocycles. The van der Waals surface area contributed by atoms with Gasteiger partial charge >= 0.3 is 6.03 Å². The van der Waals surface area contributed by atoms with E-state index in [4.69, 9.17) is 14.2 Å². The van der Waals surface area contributed by atoms with E-state index < -0.39 is 36.1 Å². The molecule has 2 fully saturated rings. The third-order valence-corrected chi connectivity index (χ3v) is 6.72. The first-order chi connectivity index (χ1) is 18.5. The smallest absolute Gasteiger partial charge is 0.328 e. The second-order valence-corrected chi connectivity index (χ2v) is 10.2. The Bertz CT molecular complexity index is 1250. The van der Waals surface area contributed by atoms with Crippen molar-refractivity contribution in [3.8, 4) is 5.75 Å². The van der Waals surface area contributed by atoms with Gasteiger partial charge in [0.1, 0.15) is 30.0 Å². The lowest BCUT2D eigenvalue weighted by molar-refractivity contribution is -0.141. The van der Waals surface area contributed by atoms with E-state index >= 15 is 0 Å². The molecule has 3 aliphatic rings. The SMILES string of the molecule is CCN1CCCN(C(=O)Nc2cc(OC[C@H]3COC(C)(C)O3)ccn2)c2nc(C(=O)NC3CC3(F)F)ccc21. The third-order valence-electron chi connectivity index (χ3n) is 6.72. The minimum Gasteiger partial charge on any atom is -0.491 e. The van der Waals surface area contributed by atoms with Crippen LogP contribution in [0, 0.1) is 0 Å². The predicted octanol–water partition coefficient (Wildman–Crippen LogP) is 3.41. The second kappa shape index (κ2) is 10.5. The van der Waals surface area contributed by atoms with Crippen molar-refractivity contribution >= 4 is 29.3 Å². The van der Waals surface area contributed by atoms with E-state index in [0.29, 0.717) is 44.1 Å². The first kappa shape index (κ1) is 27.0. The van der Waals surface area contributed by atoms with Crippen molar-refractivity contribution in [1.29, 1.82) is 0 Å². The summed E-state index contributed by atoms with van der Waals surface area (Å²) in [5.41, 5.74) is 0.632. The Labute approximate surface area is 224 Å². The van der Waals surface area contributed by atoms with Gasteiger partial charge in [0.25, 0.3) is 11.8 Å². The number of ether oxygens (including phenoxy) is 3. The Balaban J connectivity index is 1.30. The number of anilines is 3. The number of carbonyl (C=O) groups is 2. The summed E-state index contributed by atoms with van der Waals surface area (Å²) in [6.07, 6.45) is 1.57. The van der Waals surface area contributed by atoms with Crippen LogP contribution in [0.2, 0.25) is 0 Å². The molecule has 5 rings (SSSR count). The molecule has 13 heteroatoms. The first-order valence-corrected chi connectivity index (χ1v) is 13.0. The normalized spacial score (nSPS) is 23.0. The molecular formula is C26H32F2N6O5. The topological polar surface area (TPSA) is 118 Å². The van der Waals surface area contributed by atoms with E-state index in [1.807, 2.05) is 20.8 Å². The van der Waals surface area contributed by atoms with Gasteiger partial charge in [-0.3, -0.25) is 15.0 Å². The molecule has 0 spiro atoms. The van der Waals surface area contributed by atoms with Gasteiger partial charge in [0.15, 0.2) is 11.6 Å². The number of urea groups is 1. The summed E-state index contributed by atoms with van der Waals surface area (Å²) in [5, 5.41) is 5.09. The fourth-order valence-corrected chi connectivity index (χ4v) is 4.57. The second-order valence-electron chi connectivity index (χ2n) is 10.2. The maximum atomic E-state index is 13.4. The van der Waals surface area contributed by atoms with Crippen molar-refractivity contribution in [1.82, 2.24) is 15.3 Å². The summed E-state index contributed by atoms with van der Waals surface area (Å²) >= 11 is 0. The largest absolute Gasteiger partial charge is 0.491 e. The molecule has 1 aliphatic carbocycles. The highest BCUT2D eigenvalue weighted by molar-refractivity contribution is 6.03. The maximum Gasteiger partial charge on any atom is 0.328 e. The van der Waals surface area contributed by atoms with E-state index in [2.05, 4.69) is 25.5 Å². The van der Waals surface area contributed by atoms with Gasteiger partial charge < -0.3 is 24.4 Å². The Hall–Kier alpha value is -3.58. The van der Waals surface area contributed by atoms with Gasteiger partial charge in [0, 0.05) is 38.3 Å². The van der Waals surface area contributed by atoms with Crippen LogP contribution in [0.25, 0.3) is 0 Å². The van der Waals surface area contributed by atoms with Crippen LogP contribution in [0.15, 0.2) is 30.5 Å². The number of carbonyl (C=O) groups excluding carboxylic acids is 2. The zero-order valence-corrected chi connectivity index (χ0v) is 22.1. The van der Waals surface area contributed by atoms with Crippen LogP contribution < -0.4 is 25.2 Å². The average Bonchev–Trinajstić information content (AvgIpc) is 3.41. The molecule has 2 aromatic rings. The molecule has 210 valence electrons. The number of halogens is 2. The molecule has 1 saturated heterocycles. The van der Waals surface area contributed by atoms with Crippen molar-refractivity contribution in [2.75, 3.05) is 48.0 Å². The Morgan fingerprint density at radius 3 is 2.72 bits per heavy atom. The van der Waals surface area contributed by atoms with Crippen LogP contribution in [0.1, 0.15) is 44.1 Å². The van der Waals surface area contributed by atoms with Gasteiger partial charge in [-0.1, -0.05) is 0 Å². The molecule has 2 aromatic heterocycles. The Morgan fingerprint density at radius 2 is 2.03 bits per heavy atom. The molecule has 11 nitrogen and oxygen atoms in total. The number of alkyl halides is 2. The fraction of sp³-hybridized carbons (Fsp3) is 0.538. The van der Waals surface area contributed by atoms with E-state index in [1.54, 1.807) is 18.2 Å². The number of hydrogen-bond donors (Lipinski definition) is 2. The summed E-state index contributed by atoms with van der Waals surface area (Å²) < 4.78 is 43.8. The van der Waals surface area contributed by atoms with Crippen LogP contribution in [0.5, 0.6) is 5.75 Å². The minimum atomic E-state index is -2.90. The Kier molecular flexibility index (Phi) is 7.29. The molecule has 4 heterocycles. The highest BCUT2D eigenvalue weighted by atomic mass is 19.3. The zero-order chi connectivity index (χ0) is 27.8. The predicted molar refractivity (Wildman–Crippen MR) is 139 cm³/mol. The van der Waals surface area contributed by atoms with Gasteiger partial charge in [-0.25, -0.2) is 23.5 Å². The summed E-state index contributed by atoms with van der Waals surface area (Å²) in [4.78, 5) is 38.2. The highest BCUT2D eigenvalue weighted by Gasteiger charge is 2.58. The lowest BCUT2D eigenvalue weighted by Gasteiger charge is -2.25. The number of rotatable bonds is 7. The fourth-order valence-electron chi connectivity index (χ4n) is 4.57. The minimum absolute atomic E-state index is 0.0398. The van der Waals surface area contributed by atoms with E-state index in [0.717, 1.165) is 0 Å². The summed E-state index contributed by atoms with van der Waals surface area (Å²) in [5.74, 6) is -3.22. The summed E-state index contributed by atoms with van der Waals surface area (Å²) in [6.45, 7) is 8.02. The van der Waals surface area contributed by atoms with Gasteiger partial charge in [0.2, 0.25) is 0 Å². The van der Waals surface area contributed by atoms with Crippen LogP contribution in [0.3, 0.4) is 0 Å². The first-order valence-electron chi connectivity index (χ1n) is 13.0. The molecule has 0 bridgehead atoms. The number of pyridine rings is 2. The van der Waals surface area contributed by atoms with Crippen molar-refractivity contribution in [2.45, 2.75) is 57.5 Å². The summed E-state index contributed by atoms with van der Waals surface area (Å²) in [7, 11) is 0. The number of aromatic nitrogens is 2. The monoisotopic (exact) mass is 546 g/mol. The molecule has 1 saturated carbocycles. The summed E-state index contributed by atoms with van der Waals surface area (Å²) in [6, 6.07) is 4.76. The molecule has 0 aromatic carbocycles. The zero-order valence-electron chi connectivity index (χ0n) is 22.1. The molecule has 2 N–H and O–H groups in total. The molecule has 0 radical (unpaired) electrons. The number of nitrogens with one attached hydrogen (secondary N) is 2. The van der Waals surface area contributed by atoms with E-state index in [1.165, 1.54) is 17.2 Å². The van der Waals surface area contributed by atoms with Crippen LogP contribution in [-0.2, 0) is 9.47 Å². The molecule has 1 unspecified atom stereocenters. The van der Waals surface area contributed by atoms with E-state index in [-0.39, 0.29) is 30.0 Å². The van der Waals surface area contributed by atoms with Gasteiger partial charge in [-0.05, 0) is 45.4 Å². The molecule has 39 heavy (non-hydrogen) atoms. The van der Waals surface area contributed by atoms with Crippen LogP contribution in [-0.4, -0.2) is 78.6 Å². The number of nitrogens with zero attached hydrogens (tertiary/aromatic N) is 4. The van der Waals surface area contributed by atoms with Crippen LogP contribution in [0.4, 0.5) is 30.9 Å². The number of hydrogen-bond acceptors (Lipinski definition) is 8. The van der Waals surface area contributed by atoms with Gasteiger partial charge in [0.05, 0.1) is 18.3 Å². The third kappa shape index (κ3) is 6.19. The highest BCUT2D eigenvalue weighted by Crippen LogP contribution is 2.42.